The minimum atomic E-state index is -0.290. The van der Waals surface area contributed by atoms with Crippen molar-refractivity contribution in [2.75, 3.05) is 5.32 Å². The van der Waals surface area contributed by atoms with Crippen LogP contribution in [0.5, 0.6) is 0 Å². The quantitative estimate of drug-likeness (QED) is 0.480. The first-order chi connectivity index (χ1) is 12.5. The van der Waals surface area contributed by atoms with Crippen LogP contribution in [0, 0.1) is 12.7 Å². The first kappa shape index (κ1) is 18.3. The molecule has 0 spiro atoms. The third-order valence-electron chi connectivity index (χ3n) is 4.22. The topological polar surface area (TPSA) is 29.1 Å². The number of aryl methyl sites for hydroxylation is 1. The van der Waals surface area contributed by atoms with Crippen LogP contribution >= 0.6 is 15.9 Å². The van der Waals surface area contributed by atoms with Crippen LogP contribution in [-0.4, -0.2) is 5.78 Å². The number of anilines is 1. The number of carbonyl (C=O) groups excluding carboxylic acids is 1. The summed E-state index contributed by atoms with van der Waals surface area (Å²) in [4.78, 5) is 12.7. The molecule has 0 aliphatic rings. The SMILES string of the molecule is Cc1ccc(N[C@@H](CC(=O)c2ccc(Br)cc2)c2ccc(F)cc2)cc1. The predicted molar refractivity (Wildman–Crippen MR) is 107 cm³/mol. The van der Waals surface area contributed by atoms with Crippen molar-refractivity contribution in [2.45, 2.75) is 19.4 Å². The Bertz CT molecular complexity index is 874. The fraction of sp³-hybridized carbons (Fsp3) is 0.136. The van der Waals surface area contributed by atoms with Gasteiger partial charge in [0.05, 0.1) is 6.04 Å². The van der Waals surface area contributed by atoms with E-state index in [-0.39, 0.29) is 24.1 Å². The van der Waals surface area contributed by atoms with Crippen molar-refractivity contribution >= 4 is 27.4 Å². The Hall–Kier alpha value is -2.46. The van der Waals surface area contributed by atoms with Crippen LogP contribution in [0.2, 0.25) is 0 Å². The van der Waals surface area contributed by atoms with E-state index >= 15 is 0 Å². The van der Waals surface area contributed by atoms with Gasteiger partial charge in [-0.25, -0.2) is 4.39 Å². The Kier molecular flexibility index (Phi) is 5.84. The van der Waals surface area contributed by atoms with Gasteiger partial charge in [0.15, 0.2) is 5.78 Å². The van der Waals surface area contributed by atoms with Gasteiger partial charge in [-0.15, -0.1) is 0 Å². The van der Waals surface area contributed by atoms with Crippen molar-refractivity contribution < 1.29 is 9.18 Å². The average Bonchev–Trinajstić information content (AvgIpc) is 2.64. The molecule has 4 heteroatoms. The van der Waals surface area contributed by atoms with Crippen molar-refractivity contribution in [3.05, 3.63) is 99.8 Å². The highest BCUT2D eigenvalue weighted by Crippen LogP contribution is 2.25. The molecule has 1 atom stereocenters. The Morgan fingerprint density at radius 1 is 0.962 bits per heavy atom. The molecule has 0 fully saturated rings. The number of nitrogens with one attached hydrogen (secondary N) is 1. The van der Waals surface area contributed by atoms with Crippen LogP contribution < -0.4 is 5.32 Å². The molecule has 1 N–H and O–H groups in total. The Morgan fingerprint density at radius 2 is 1.58 bits per heavy atom. The largest absolute Gasteiger partial charge is 0.378 e. The Labute approximate surface area is 161 Å². The summed E-state index contributed by atoms with van der Waals surface area (Å²) in [6.45, 7) is 2.03. The lowest BCUT2D eigenvalue weighted by molar-refractivity contribution is 0.0976. The molecular weight excluding hydrogens is 393 g/mol. The molecule has 0 aromatic heterocycles. The second-order valence-electron chi connectivity index (χ2n) is 6.25. The number of halogens is 2. The van der Waals surface area contributed by atoms with Crippen molar-refractivity contribution in [3.8, 4) is 0 Å². The number of hydrogen-bond donors (Lipinski definition) is 1. The number of carbonyl (C=O) groups is 1. The highest BCUT2D eigenvalue weighted by atomic mass is 79.9. The molecule has 3 aromatic rings. The van der Waals surface area contributed by atoms with Crippen LogP contribution in [0.3, 0.4) is 0 Å². The van der Waals surface area contributed by atoms with Crippen molar-refractivity contribution in [2.24, 2.45) is 0 Å². The van der Waals surface area contributed by atoms with Crippen LogP contribution in [-0.2, 0) is 0 Å². The lowest BCUT2D eigenvalue weighted by atomic mass is 9.97. The first-order valence-electron chi connectivity index (χ1n) is 8.39. The molecule has 0 saturated carbocycles. The second-order valence-corrected chi connectivity index (χ2v) is 7.16. The Morgan fingerprint density at radius 3 is 2.19 bits per heavy atom. The lowest BCUT2D eigenvalue weighted by Gasteiger charge is -2.20. The fourth-order valence-electron chi connectivity index (χ4n) is 2.74. The van der Waals surface area contributed by atoms with Gasteiger partial charge in [-0.1, -0.05) is 57.9 Å². The summed E-state index contributed by atoms with van der Waals surface area (Å²) in [5, 5.41) is 3.40. The normalized spacial score (nSPS) is 11.8. The minimum absolute atomic E-state index is 0.0337. The monoisotopic (exact) mass is 411 g/mol. The number of hydrogen-bond acceptors (Lipinski definition) is 2. The van der Waals surface area contributed by atoms with Crippen molar-refractivity contribution in [1.82, 2.24) is 0 Å². The van der Waals surface area contributed by atoms with E-state index < -0.39 is 0 Å². The minimum Gasteiger partial charge on any atom is -0.378 e. The van der Waals surface area contributed by atoms with E-state index in [0.717, 1.165) is 15.7 Å². The molecule has 0 bridgehead atoms. The summed E-state index contributed by atoms with van der Waals surface area (Å²) in [6, 6.07) is 21.3. The van der Waals surface area contributed by atoms with Crippen LogP contribution in [0.4, 0.5) is 10.1 Å². The zero-order chi connectivity index (χ0) is 18.5. The van der Waals surface area contributed by atoms with Gasteiger partial charge in [-0.05, 0) is 48.9 Å². The third-order valence-corrected chi connectivity index (χ3v) is 4.75. The first-order valence-corrected chi connectivity index (χ1v) is 9.18. The standard InChI is InChI=1S/C22H19BrFNO/c1-15-2-12-20(13-3-15)25-21(16-6-10-19(24)11-7-16)14-22(26)17-4-8-18(23)9-5-17/h2-13,21,25H,14H2,1H3/t21-/m0/s1. The number of benzene rings is 3. The van der Waals surface area contributed by atoms with E-state index in [4.69, 9.17) is 0 Å². The van der Waals surface area contributed by atoms with Crippen LogP contribution in [0.15, 0.2) is 77.3 Å². The van der Waals surface area contributed by atoms with Crippen LogP contribution in [0.1, 0.15) is 33.9 Å². The molecule has 2 nitrogen and oxygen atoms in total. The maximum absolute atomic E-state index is 13.3. The van der Waals surface area contributed by atoms with E-state index in [1.807, 2.05) is 43.3 Å². The lowest BCUT2D eigenvalue weighted by Crippen LogP contribution is -2.16. The predicted octanol–water partition coefficient (Wildman–Crippen LogP) is 6.32. The summed E-state index contributed by atoms with van der Waals surface area (Å²) in [5.74, 6) is -0.256. The molecule has 0 unspecified atom stereocenters. The molecule has 26 heavy (non-hydrogen) atoms. The highest BCUT2D eigenvalue weighted by Gasteiger charge is 2.17. The summed E-state index contributed by atoms with van der Waals surface area (Å²) in [7, 11) is 0. The summed E-state index contributed by atoms with van der Waals surface area (Å²) < 4.78 is 14.2. The highest BCUT2D eigenvalue weighted by molar-refractivity contribution is 9.10. The van der Waals surface area contributed by atoms with Crippen molar-refractivity contribution in [1.29, 1.82) is 0 Å². The number of rotatable bonds is 6. The van der Waals surface area contributed by atoms with E-state index in [2.05, 4.69) is 21.2 Å². The molecule has 0 aliphatic heterocycles. The van der Waals surface area contributed by atoms with Gasteiger partial charge in [-0.2, -0.15) is 0 Å². The molecule has 0 heterocycles. The summed E-state index contributed by atoms with van der Waals surface area (Å²) in [5.41, 5.74) is 3.62. The Balaban J connectivity index is 1.84. The number of Topliss-reactive ketones (excluding diaryl/α,β-unsaturated/α-hetero) is 1. The van der Waals surface area contributed by atoms with E-state index in [1.165, 1.54) is 17.7 Å². The van der Waals surface area contributed by atoms with Crippen molar-refractivity contribution in [3.63, 3.8) is 0 Å². The van der Waals surface area contributed by atoms with Gasteiger partial charge >= 0.3 is 0 Å². The van der Waals surface area contributed by atoms with Gasteiger partial charge < -0.3 is 5.32 Å². The molecule has 0 radical (unpaired) electrons. The summed E-state index contributed by atoms with van der Waals surface area (Å²) >= 11 is 3.38. The van der Waals surface area contributed by atoms with Gasteiger partial charge in [-0.3, -0.25) is 4.79 Å². The van der Waals surface area contributed by atoms with E-state index in [9.17, 15) is 9.18 Å². The third kappa shape index (κ3) is 4.79. The summed E-state index contributed by atoms with van der Waals surface area (Å²) in [6.07, 6.45) is 0.279. The molecule has 0 amide bonds. The zero-order valence-corrected chi connectivity index (χ0v) is 16.0. The molecule has 132 valence electrons. The van der Waals surface area contributed by atoms with Crippen LogP contribution in [0.25, 0.3) is 0 Å². The van der Waals surface area contributed by atoms with E-state index in [1.54, 1.807) is 24.3 Å². The molecular formula is C22H19BrFNO. The van der Waals surface area contributed by atoms with E-state index in [0.29, 0.717) is 5.56 Å². The maximum atomic E-state index is 13.3. The van der Waals surface area contributed by atoms with Gasteiger partial charge in [0, 0.05) is 22.1 Å². The maximum Gasteiger partial charge on any atom is 0.165 e. The molecule has 0 aliphatic carbocycles. The smallest absolute Gasteiger partial charge is 0.165 e. The zero-order valence-electron chi connectivity index (χ0n) is 14.4. The second kappa shape index (κ2) is 8.28. The molecule has 3 aromatic carbocycles. The number of ketones is 1. The fourth-order valence-corrected chi connectivity index (χ4v) is 3.00. The van der Waals surface area contributed by atoms with Gasteiger partial charge in [0.1, 0.15) is 5.82 Å². The van der Waals surface area contributed by atoms with Gasteiger partial charge in [0.2, 0.25) is 0 Å². The molecule has 3 rings (SSSR count). The van der Waals surface area contributed by atoms with Gasteiger partial charge in [0.25, 0.3) is 0 Å². The average molecular weight is 412 g/mol. The molecule has 0 saturated heterocycles.